The van der Waals surface area contributed by atoms with Gasteiger partial charge in [-0.05, 0) is 37.6 Å². The maximum atomic E-state index is 11.8. The molecule has 1 saturated heterocycles. The van der Waals surface area contributed by atoms with Crippen LogP contribution in [0.1, 0.15) is 42.3 Å². The van der Waals surface area contributed by atoms with E-state index >= 15 is 0 Å². The molecule has 0 aromatic carbocycles. The Hall–Kier alpha value is -2.09. The fourth-order valence-electron chi connectivity index (χ4n) is 2.73. The number of nitrogens with zero attached hydrogens (tertiary/aromatic N) is 2. The summed E-state index contributed by atoms with van der Waals surface area (Å²) in [5, 5.41) is 11.3. The SMILES string of the molecule is CCNC(=NCCCN1CCCC1=O)NCCCNC(=O)c1cccs1. The number of aliphatic imine (C=N–C) groups is 1. The number of nitrogens with one attached hydrogen (secondary N) is 3. The van der Waals surface area contributed by atoms with Gasteiger partial charge in [-0.15, -0.1) is 11.3 Å². The second-order valence-electron chi connectivity index (χ2n) is 6.11. The lowest BCUT2D eigenvalue weighted by molar-refractivity contribution is -0.127. The van der Waals surface area contributed by atoms with Crippen molar-refractivity contribution in [1.82, 2.24) is 20.9 Å². The van der Waals surface area contributed by atoms with Crippen molar-refractivity contribution in [3.63, 3.8) is 0 Å². The predicted molar refractivity (Wildman–Crippen MR) is 106 cm³/mol. The van der Waals surface area contributed by atoms with Gasteiger partial charge in [-0.2, -0.15) is 0 Å². The topological polar surface area (TPSA) is 85.8 Å². The van der Waals surface area contributed by atoms with Crippen LogP contribution < -0.4 is 16.0 Å². The van der Waals surface area contributed by atoms with Crippen LogP contribution in [0.3, 0.4) is 0 Å². The van der Waals surface area contributed by atoms with Crippen LogP contribution in [0.25, 0.3) is 0 Å². The lowest BCUT2D eigenvalue weighted by Crippen LogP contribution is -2.39. The highest BCUT2D eigenvalue weighted by Crippen LogP contribution is 2.09. The molecule has 1 aliphatic heterocycles. The number of rotatable bonds is 10. The molecule has 0 radical (unpaired) electrons. The minimum atomic E-state index is -0.0166. The molecule has 0 atom stereocenters. The molecule has 26 heavy (non-hydrogen) atoms. The summed E-state index contributed by atoms with van der Waals surface area (Å²) in [5.74, 6) is 1.03. The number of guanidine groups is 1. The minimum absolute atomic E-state index is 0.0166. The van der Waals surface area contributed by atoms with Crippen molar-refractivity contribution in [2.45, 2.75) is 32.6 Å². The zero-order valence-corrected chi connectivity index (χ0v) is 16.2. The first kappa shape index (κ1) is 20.2. The molecule has 3 N–H and O–H groups in total. The lowest BCUT2D eigenvalue weighted by Gasteiger charge is -2.15. The predicted octanol–water partition coefficient (Wildman–Crippen LogP) is 1.44. The number of thiophene rings is 1. The third-order valence-corrected chi connectivity index (χ3v) is 4.92. The summed E-state index contributed by atoms with van der Waals surface area (Å²) in [5.41, 5.74) is 0. The van der Waals surface area contributed by atoms with Crippen molar-refractivity contribution >= 4 is 29.1 Å². The second-order valence-corrected chi connectivity index (χ2v) is 7.06. The van der Waals surface area contributed by atoms with Crippen LogP contribution in [0.5, 0.6) is 0 Å². The number of likely N-dealkylation sites (tertiary alicyclic amines) is 1. The van der Waals surface area contributed by atoms with Gasteiger partial charge in [0.2, 0.25) is 5.91 Å². The molecule has 7 nitrogen and oxygen atoms in total. The Labute approximate surface area is 159 Å². The maximum Gasteiger partial charge on any atom is 0.261 e. The fourth-order valence-corrected chi connectivity index (χ4v) is 3.37. The molecule has 1 aromatic rings. The van der Waals surface area contributed by atoms with Gasteiger partial charge in [0.15, 0.2) is 5.96 Å². The Morgan fingerprint density at radius 1 is 1.27 bits per heavy atom. The molecular weight excluding hydrogens is 350 g/mol. The zero-order valence-electron chi connectivity index (χ0n) is 15.4. The van der Waals surface area contributed by atoms with Crippen LogP contribution in [0.15, 0.2) is 22.5 Å². The number of amides is 2. The molecule has 0 bridgehead atoms. The molecule has 2 rings (SSSR count). The van der Waals surface area contributed by atoms with E-state index in [0.717, 1.165) is 56.3 Å². The summed E-state index contributed by atoms with van der Waals surface area (Å²) in [7, 11) is 0. The van der Waals surface area contributed by atoms with Gasteiger partial charge in [-0.3, -0.25) is 14.6 Å². The van der Waals surface area contributed by atoms with Crippen LogP contribution in [0.4, 0.5) is 0 Å². The van der Waals surface area contributed by atoms with Gasteiger partial charge in [-0.1, -0.05) is 6.07 Å². The van der Waals surface area contributed by atoms with Gasteiger partial charge in [0.1, 0.15) is 0 Å². The Kier molecular flexibility index (Phi) is 8.95. The second kappa shape index (κ2) is 11.5. The Bertz CT molecular complexity index is 588. The highest BCUT2D eigenvalue weighted by atomic mass is 32.1. The van der Waals surface area contributed by atoms with E-state index in [1.807, 2.05) is 29.3 Å². The molecule has 2 amide bonds. The largest absolute Gasteiger partial charge is 0.357 e. The van der Waals surface area contributed by atoms with E-state index in [4.69, 9.17) is 0 Å². The molecule has 0 spiro atoms. The summed E-state index contributed by atoms with van der Waals surface area (Å²) >= 11 is 1.45. The fraction of sp³-hybridized carbons (Fsp3) is 0.611. The highest BCUT2D eigenvalue weighted by Gasteiger charge is 2.18. The number of hydrogen-bond acceptors (Lipinski definition) is 4. The Morgan fingerprint density at radius 3 is 2.81 bits per heavy atom. The van der Waals surface area contributed by atoms with Crippen molar-refractivity contribution in [3.8, 4) is 0 Å². The summed E-state index contributed by atoms with van der Waals surface area (Å²) < 4.78 is 0. The van der Waals surface area contributed by atoms with E-state index in [-0.39, 0.29) is 11.8 Å². The molecular formula is C18H29N5O2S. The molecule has 0 aliphatic carbocycles. The van der Waals surface area contributed by atoms with Crippen molar-refractivity contribution in [2.75, 3.05) is 39.3 Å². The van der Waals surface area contributed by atoms with Gasteiger partial charge in [-0.25, -0.2) is 0 Å². The molecule has 1 aromatic heterocycles. The first-order chi connectivity index (χ1) is 12.7. The first-order valence-corrected chi connectivity index (χ1v) is 10.2. The van der Waals surface area contributed by atoms with E-state index in [9.17, 15) is 9.59 Å². The van der Waals surface area contributed by atoms with Crippen molar-refractivity contribution < 1.29 is 9.59 Å². The molecule has 0 unspecified atom stereocenters. The van der Waals surface area contributed by atoms with Gasteiger partial charge in [0.25, 0.3) is 5.91 Å². The highest BCUT2D eigenvalue weighted by molar-refractivity contribution is 7.12. The van der Waals surface area contributed by atoms with Crippen LogP contribution >= 0.6 is 11.3 Å². The monoisotopic (exact) mass is 379 g/mol. The lowest BCUT2D eigenvalue weighted by atomic mass is 10.4. The normalized spacial score (nSPS) is 14.6. The summed E-state index contributed by atoms with van der Waals surface area (Å²) in [6.07, 6.45) is 3.37. The number of carbonyl (C=O) groups is 2. The molecule has 2 heterocycles. The molecule has 8 heteroatoms. The summed E-state index contributed by atoms with van der Waals surface area (Å²) in [6.45, 7) is 6.55. The number of hydrogen-bond donors (Lipinski definition) is 3. The molecule has 1 aliphatic rings. The van der Waals surface area contributed by atoms with E-state index in [0.29, 0.717) is 19.5 Å². The van der Waals surface area contributed by atoms with E-state index < -0.39 is 0 Å². The zero-order chi connectivity index (χ0) is 18.6. The van der Waals surface area contributed by atoms with Crippen LogP contribution in [-0.4, -0.2) is 61.9 Å². The average molecular weight is 380 g/mol. The van der Waals surface area contributed by atoms with E-state index in [1.165, 1.54) is 11.3 Å². The van der Waals surface area contributed by atoms with Gasteiger partial charge < -0.3 is 20.9 Å². The van der Waals surface area contributed by atoms with Crippen molar-refractivity contribution in [3.05, 3.63) is 22.4 Å². The minimum Gasteiger partial charge on any atom is -0.357 e. The molecule has 1 fully saturated rings. The summed E-state index contributed by atoms with van der Waals surface area (Å²) in [4.78, 5) is 30.6. The molecule has 0 saturated carbocycles. The van der Waals surface area contributed by atoms with Crippen LogP contribution in [0.2, 0.25) is 0 Å². The third kappa shape index (κ3) is 7.03. The average Bonchev–Trinajstić information content (AvgIpc) is 3.30. The van der Waals surface area contributed by atoms with E-state index in [1.54, 1.807) is 0 Å². The Morgan fingerprint density at radius 2 is 2.12 bits per heavy atom. The van der Waals surface area contributed by atoms with Crippen LogP contribution in [0, 0.1) is 0 Å². The first-order valence-electron chi connectivity index (χ1n) is 9.32. The molecule has 144 valence electrons. The van der Waals surface area contributed by atoms with Crippen LogP contribution in [-0.2, 0) is 4.79 Å². The van der Waals surface area contributed by atoms with Gasteiger partial charge in [0.05, 0.1) is 4.88 Å². The standard InChI is InChI=1S/C18H29N5O2S/c1-2-19-18(22-11-6-13-23-12-3-8-16(23)24)21-10-5-9-20-17(25)15-7-4-14-26-15/h4,7,14H,2-3,5-6,8-13H2,1H3,(H,20,25)(H2,19,21,22). The van der Waals surface area contributed by atoms with Gasteiger partial charge >= 0.3 is 0 Å². The maximum absolute atomic E-state index is 11.8. The third-order valence-electron chi connectivity index (χ3n) is 4.05. The van der Waals surface area contributed by atoms with Crippen molar-refractivity contribution in [2.24, 2.45) is 4.99 Å². The Balaban J connectivity index is 1.59. The summed E-state index contributed by atoms with van der Waals surface area (Å²) in [6, 6.07) is 3.70. The quantitative estimate of drug-likeness (QED) is 0.326. The number of carbonyl (C=O) groups excluding carboxylic acids is 2. The van der Waals surface area contributed by atoms with E-state index in [2.05, 4.69) is 20.9 Å². The van der Waals surface area contributed by atoms with Gasteiger partial charge in [0, 0.05) is 45.7 Å². The smallest absolute Gasteiger partial charge is 0.261 e. The van der Waals surface area contributed by atoms with Crippen molar-refractivity contribution in [1.29, 1.82) is 0 Å².